The van der Waals surface area contributed by atoms with Gasteiger partial charge in [0.15, 0.2) is 0 Å². The average molecular weight is 390 g/mol. The molecule has 0 aliphatic carbocycles. The van der Waals surface area contributed by atoms with E-state index in [4.69, 9.17) is 0 Å². The van der Waals surface area contributed by atoms with E-state index in [1.807, 2.05) is 51.9 Å². The fraction of sp³-hybridized carbons (Fsp3) is 0.350. The first-order valence-electron chi connectivity index (χ1n) is 8.74. The lowest BCUT2D eigenvalue weighted by Gasteiger charge is -2.14. The topological polar surface area (TPSA) is 78.5 Å². The SMILES string of the molecule is Cc1cc(C)c(NS(=O)(=O)c2ccc(C(=O)NCCN(C)C)cc2)c(C)c1. The fourth-order valence-electron chi connectivity index (χ4n) is 2.81. The van der Waals surface area contributed by atoms with E-state index >= 15 is 0 Å². The molecule has 6 nitrogen and oxygen atoms in total. The van der Waals surface area contributed by atoms with Crippen LogP contribution in [0.4, 0.5) is 5.69 Å². The summed E-state index contributed by atoms with van der Waals surface area (Å²) in [6, 6.07) is 9.81. The summed E-state index contributed by atoms with van der Waals surface area (Å²) in [7, 11) is 0.124. The number of nitrogens with zero attached hydrogens (tertiary/aromatic N) is 1. The molecule has 2 aromatic carbocycles. The average Bonchev–Trinajstić information content (AvgIpc) is 2.58. The lowest BCUT2D eigenvalue weighted by atomic mass is 10.1. The number of hydrogen-bond acceptors (Lipinski definition) is 4. The van der Waals surface area contributed by atoms with Crippen molar-refractivity contribution in [3.8, 4) is 0 Å². The largest absolute Gasteiger partial charge is 0.351 e. The van der Waals surface area contributed by atoms with Gasteiger partial charge in [0, 0.05) is 18.7 Å². The number of benzene rings is 2. The molecule has 1 amide bonds. The number of rotatable bonds is 7. The van der Waals surface area contributed by atoms with E-state index in [1.165, 1.54) is 24.3 Å². The van der Waals surface area contributed by atoms with E-state index in [-0.39, 0.29) is 10.8 Å². The molecule has 0 aliphatic rings. The molecule has 0 aromatic heterocycles. The van der Waals surface area contributed by atoms with Gasteiger partial charge in [0.25, 0.3) is 15.9 Å². The van der Waals surface area contributed by atoms with Gasteiger partial charge in [-0.2, -0.15) is 0 Å². The summed E-state index contributed by atoms with van der Waals surface area (Å²) >= 11 is 0. The van der Waals surface area contributed by atoms with E-state index in [2.05, 4.69) is 10.0 Å². The minimum absolute atomic E-state index is 0.117. The molecule has 0 fully saturated rings. The van der Waals surface area contributed by atoms with E-state index in [9.17, 15) is 13.2 Å². The first kappa shape index (κ1) is 20.9. The van der Waals surface area contributed by atoms with Crippen LogP contribution in [0.15, 0.2) is 41.3 Å². The van der Waals surface area contributed by atoms with Gasteiger partial charge in [0.1, 0.15) is 0 Å². The molecular weight excluding hydrogens is 362 g/mol. The molecule has 2 rings (SSSR count). The molecule has 0 aliphatic heterocycles. The molecule has 27 heavy (non-hydrogen) atoms. The van der Waals surface area contributed by atoms with Crippen LogP contribution in [0.3, 0.4) is 0 Å². The van der Waals surface area contributed by atoms with Crippen molar-refractivity contribution in [3.05, 3.63) is 58.7 Å². The van der Waals surface area contributed by atoms with Crippen molar-refractivity contribution in [1.82, 2.24) is 10.2 Å². The third-order valence-electron chi connectivity index (χ3n) is 4.18. The molecule has 2 N–H and O–H groups in total. The standard InChI is InChI=1S/C20H27N3O3S/c1-14-12-15(2)19(16(3)13-14)22-27(25,26)18-8-6-17(7-9-18)20(24)21-10-11-23(4)5/h6-9,12-13,22H,10-11H2,1-5H3,(H,21,24). The minimum atomic E-state index is -3.73. The highest BCUT2D eigenvalue weighted by molar-refractivity contribution is 7.92. The zero-order valence-corrected chi connectivity index (χ0v) is 17.3. The molecule has 2 aromatic rings. The second kappa shape index (κ2) is 8.54. The normalized spacial score (nSPS) is 11.5. The monoisotopic (exact) mass is 389 g/mol. The second-order valence-electron chi connectivity index (χ2n) is 6.96. The van der Waals surface area contributed by atoms with Gasteiger partial charge in [-0.3, -0.25) is 9.52 Å². The van der Waals surface area contributed by atoms with E-state index in [0.29, 0.717) is 17.8 Å². The summed E-state index contributed by atoms with van der Waals surface area (Å²) in [4.78, 5) is 14.2. The van der Waals surface area contributed by atoms with Crippen molar-refractivity contribution in [2.24, 2.45) is 0 Å². The second-order valence-corrected chi connectivity index (χ2v) is 8.65. The number of sulfonamides is 1. The molecule has 0 unspecified atom stereocenters. The van der Waals surface area contributed by atoms with Crippen LogP contribution >= 0.6 is 0 Å². The van der Waals surface area contributed by atoms with Gasteiger partial charge in [-0.1, -0.05) is 17.7 Å². The van der Waals surface area contributed by atoms with Crippen LogP contribution in [0.2, 0.25) is 0 Å². The van der Waals surface area contributed by atoms with Crippen molar-refractivity contribution in [3.63, 3.8) is 0 Å². The summed E-state index contributed by atoms with van der Waals surface area (Å²) < 4.78 is 28.1. The third-order valence-corrected chi connectivity index (χ3v) is 5.55. The van der Waals surface area contributed by atoms with E-state index in [0.717, 1.165) is 23.2 Å². The summed E-state index contributed by atoms with van der Waals surface area (Å²) in [5.41, 5.74) is 3.83. The number of carbonyl (C=O) groups excluding carboxylic acids is 1. The molecule has 0 atom stereocenters. The summed E-state index contributed by atoms with van der Waals surface area (Å²) in [6.45, 7) is 6.98. The van der Waals surface area contributed by atoms with Crippen molar-refractivity contribution in [2.45, 2.75) is 25.7 Å². The summed E-state index contributed by atoms with van der Waals surface area (Å²) in [6.07, 6.45) is 0. The number of carbonyl (C=O) groups is 1. The van der Waals surface area contributed by atoms with Crippen LogP contribution in [-0.4, -0.2) is 46.4 Å². The zero-order valence-electron chi connectivity index (χ0n) is 16.5. The predicted octanol–water partition coefficient (Wildman–Crippen LogP) is 2.70. The van der Waals surface area contributed by atoms with Gasteiger partial charge in [0.05, 0.1) is 10.6 Å². The Bertz CT molecular complexity index is 897. The van der Waals surface area contributed by atoms with E-state index < -0.39 is 10.0 Å². The maximum atomic E-state index is 12.7. The Morgan fingerprint density at radius 3 is 2.07 bits per heavy atom. The number of hydrogen-bond donors (Lipinski definition) is 2. The Kier molecular flexibility index (Phi) is 6.62. The van der Waals surface area contributed by atoms with E-state index in [1.54, 1.807) is 0 Å². The van der Waals surface area contributed by atoms with Gasteiger partial charge in [-0.05, 0) is 70.3 Å². The summed E-state index contributed by atoms with van der Waals surface area (Å²) in [5.74, 6) is -0.223. The lowest BCUT2D eigenvalue weighted by Crippen LogP contribution is -2.31. The van der Waals surface area contributed by atoms with Crippen molar-refractivity contribution in [2.75, 3.05) is 31.9 Å². The number of anilines is 1. The number of amides is 1. The van der Waals surface area contributed by atoms with Gasteiger partial charge >= 0.3 is 0 Å². The molecule has 0 spiro atoms. The Labute approximate surface area is 161 Å². The Hall–Kier alpha value is -2.38. The van der Waals surface area contributed by atoms with Gasteiger partial charge in [-0.15, -0.1) is 0 Å². The summed E-state index contributed by atoms with van der Waals surface area (Å²) in [5, 5.41) is 2.80. The number of likely N-dealkylation sites (N-methyl/N-ethyl adjacent to an activating group) is 1. The van der Waals surface area contributed by atoms with Gasteiger partial charge in [-0.25, -0.2) is 8.42 Å². The molecule has 0 saturated heterocycles. The highest BCUT2D eigenvalue weighted by Gasteiger charge is 2.17. The lowest BCUT2D eigenvalue weighted by molar-refractivity contribution is 0.0951. The first-order valence-corrected chi connectivity index (χ1v) is 10.2. The fourth-order valence-corrected chi connectivity index (χ4v) is 4.02. The Morgan fingerprint density at radius 2 is 1.56 bits per heavy atom. The molecule has 0 heterocycles. The maximum Gasteiger partial charge on any atom is 0.261 e. The Balaban J connectivity index is 2.15. The molecule has 146 valence electrons. The molecule has 0 radical (unpaired) electrons. The molecule has 0 bridgehead atoms. The maximum absolute atomic E-state index is 12.7. The van der Waals surface area contributed by atoms with Crippen molar-refractivity contribution >= 4 is 21.6 Å². The minimum Gasteiger partial charge on any atom is -0.351 e. The van der Waals surface area contributed by atoms with Gasteiger partial charge < -0.3 is 10.2 Å². The van der Waals surface area contributed by atoms with Crippen LogP contribution in [0.25, 0.3) is 0 Å². The van der Waals surface area contributed by atoms with Crippen LogP contribution in [0.1, 0.15) is 27.0 Å². The molecule has 7 heteroatoms. The highest BCUT2D eigenvalue weighted by Crippen LogP contribution is 2.25. The highest BCUT2D eigenvalue weighted by atomic mass is 32.2. The third kappa shape index (κ3) is 5.55. The molecular formula is C20H27N3O3S. The van der Waals surface area contributed by atoms with Crippen molar-refractivity contribution in [1.29, 1.82) is 0 Å². The van der Waals surface area contributed by atoms with Crippen LogP contribution in [0, 0.1) is 20.8 Å². The van der Waals surface area contributed by atoms with Gasteiger partial charge in [0.2, 0.25) is 0 Å². The van der Waals surface area contributed by atoms with Crippen LogP contribution in [0.5, 0.6) is 0 Å². The predicted molar refractivity (Wildman–Crippen MR) is 109 cm³/mol. The number of aryl methyl sites for hydroxylation is 3. The quantitative estimate of drug-likeness (QED) is 0.763. The zero-order chi connectivity index (χ0) is 20.2. The van der Waals surface area contributed by atoms with Crippen molar-refractivity contribution < 1.29 is 13.2 Å². The van der Waals surface area contributed by atoms with Crippen LogP contribution < -0.4 is 10.0 Å². The van der Waals surface area contributed by atoms with Crippen LogP contribution in [-0.2, 0) is 10.0 Å². The first-order chi connectivity index (χ1) is 12.6. The number of nitrogens with one attached hydrogen (secondary N) is 2. The Morgan fingerprint density at radius 1 is 1.00 bits per heavy atom. The molecule has 0 saturated carbocycles. The smallest absolute Gasteiger partial charge is 0.261 e.